The number of amides is 2. The summed E-state index contributed by atoms with van der Waals surface area (Å²) in [6.45, 7) is 6.15. The first-order valence-corrected chi connectivity index (χ1v) is 9.63. The number of hydrogen-bond acceptors (Lipinski definition) is 3. The van der Waals surface area contributed by atoms with Gasteiger partial charge in [-0.3, -0.25) is 4.68 Å². The lowest BCUT2D eigenvalue weighted by atomic mass is 10.1. The molecule has 3 rings (SSSR count). The van der Waals surface area contributed by atoms with Gasteiger partial charge in [0.15, 0.2) is 0 Å². The zero-order chi connectivity index (χ0) is 18.4. The summed E-state index contributed by atoms with van der Waals surface area (Å²) in [7, 11) is 0. The van der Waals surface area contributed by atoms with Crippen LogP contribution in [0.5, 0.6) is 0 Å². The van der Waals surface area contributed by atoms with Gasteiger partial charge in [-0.1, -0.05) is 30.3 Å². The summed E-state index contributed by atoms with van der Waals surface area (Å²) in [6.07, 6.45) is 4.36. The number of nitrogens with zero attached hydrogens (tertiary/aromatic N) is 3. The van der Waals surface area contributed by atoms with Crippen molar-refractivity contribution in [3.8, 4) is 0 Å². The van der Waals surface area contributed by atoms with Crippen LogP contribution in [0.25, 0.3) is 0 Å². The van der Waals surface area contributed by atoms with Crippen molar-refractivity contribution in [3.63, 3.8) is 0 Å². The lowest BCUT2D eigenvalue weighted by Gasteiger charge is -2.22. The predicted octanol–water partition coefficient (Wildman–Crippen LogP) is 4.55. The van der Waals surface area contributed by atoms with Gasteiger partial charge in [-0.15, -0.1) is 11.3 Å². The second-order valence-corrected chi connectivity index (χ2v) is 7.56. The van der Waals surface area contributed by atoms with E-state index in [0.29, 0.717) is 13.1 Å². The molecule has 136 valence electrons. The summed E-state index contributed by atoms with van der Waals surface area (Å²) >= 11 is 1.73. The Hall–Kier alpha value is -2.60. The Labute approximate surface area is 158 Å². The van der Waals surface area contributed by atoms with E-state index in [1.807, 2.05) is 36.2 Å². The molecule has 0 saturated carbocycles. The average Bonchev–Trinajstić information content (AvgIpc) is 3.28. The minimum Gasteiger partial charge on any atom is -0.319 e. The molecule has 2 amide bonds. The molecule has 26 heavy (non-hydrogen) atoms. The number of hydrogen-bond donors (Lipinski definition) is 1. The Balaban J connectivity index is 1.69. The number of anilines is 1. The van der Waals surface area contributed by atoms with E-state index in [0.717, 1.165) is 18.7 Å². The van der Waals surface area contributed by atoms with Crippen LogP contribution in [0.2, 0.25) is 0 Å². The Bertz CT molecular complexity index is 840. The molecule has 5 nitrogen and oxygen atoms in total. The Morgan fingerprint density at radius 2 is 2.04 bits per heavy atom. The zero-order valence-corrected chi connectivity index (χ0v) is 16.0. The minimum atomic E-state index is -0.0948. The van der Waals surface area contributed by atoms with Gasteiger partial charge in [0.2, 0.25) is 0 Å². The maximum atomic E-state index is 12.8. The molecule has 1 N–H and O–H groups in total. The maximum absolute atomic E-state index is 12.8. The van der Waals surface area contributed by atoms with Gasteiger partial charge in [0.05, 0.1) is 18.4 Å². The summed E-state index contributed by atoms with van der Waals surface area (Å²) < 4.78 is 1.80. The SMILES string of the molecule is CCn1cc(NC(=O)N(CCc2ccccc2)Cc2ccc(C)s2)cn1. The molecule has 2 heterocycles. The molecule has 0 radical (unpaired) electrons. The Kier molecular flexibility index (Phi) is 6.07. The largest absolute Gasteiger partial charge is 0.322 e. The number of nitrogens with one attached hydrogen (secondary N) is 1. The van der Waals surface area contributed by atoms with Crippen molar-refractivity contribution < 1.29 is 4.79 Å². The number of benzene rings is 1. The van der Waals surface area contributed by atoms with Crippen molar-refractivity contribution in [2.24, 2.45) is 0 Å². The smallest absolute Gasteiger partial charge is 0.319 e. The van der Waals surface area contributed by atoms with Crippen LogP contribution in [0.4, 0.5) is 10.5 Å². The number of carbonyl (C=O) groups excluding carboxylic acids is 1. The van der Waals surface area contributed by atoms with Gasteiger partial charge in [-0.2, -0.15) is 5.10 Å². The van der Waals surface area contributed by atoms with Crippen LogP contribution in [-0.2, 0) is 19.5 Å². The van der Waals surface area contributed by atoms with Crippen LogP contribution < -0.4 is 5.32 Å². The zero-order valence-electron chi connectivity index (χ0n) is 15.2. The highest BCUT2D eigenvalue weighted by Crippen LogP contribution is 2.18. The quantitative estimate of drug-likeness (QED) is 0.665. The van der Waals surface area contributed by atoms with Gasteiger partial charge in [0.25, 0.3) is 0 Å². The first-order chi connectivity index (χ1) is 12.6. The van der Waals surface area contributed by atoms with Crippen LogP contribution in [0, 0.1) is 6.92 Å². The van der Waals surface area contributed by atoms with E-state index in [1.165, 1.54) is 15.3 Å². The summed E-state index contributed by atoms with van der Waals surface area (Å²) in [5.74, 6) is 0. The Morgan fingerprint density at radius 3 is 2.69 bits per heavy atom. The van der Waals surface area contributed by atoms with Crippen molar-refractivity contribution in [1.82, 2.24) is 14.7 Å². The van der Waals surface area contributed by atoms with Crippen molar-refractivity contribution in [1.29, 1.82) is 0 Å². The van der Waals surface area contributed by atoms with Crippen LogP contribution in [-0.4, -0.2) is 27.3 Å². The minimum absolute atomic E-state index is 0.0948. The van der Waals surface area contributed by atoms with Crippen LogP contribution in [0.1, 0.15) is 22.2 Å². The molecule has 0 spiro atoms. The van der Waals surface area contributed by atoms with Crippen LogP contribution >= 0.6 is 11.3 Å². The second kappa shape index (κ2) is 8.67. The number of carbonyl (C=O) groups is 1. The first kappa shape index (κ1) is 18.2. The van der Waals surface area contributed by atoms with E-state index >= 15 is 0 Å². The molecule has 0 aliphatic heterocycles. The van der Waals surface area contributed by atoms with Crippen LogP contribution in [0.3, 0.4) is 0 Å². The molecule has 0 aliphatic rings. The van der Waals surface area contributed by atoms with E-state index in [9.17, 15) is 4.79 Å². The van der Waals surface area contributed by atoms with Crippen molar-refractivity contribution in [2.45, 2.75) is 33.4 Å². The summed E-state index contributed by atoms with van der Waals surface area (Å²) in [5.41, 5.74) is 1.95. The Morgan fingerprint density at radius 1 is 1.23 bits per heavy atom. The standard InChI is InChI=1S/C20H24N4OS/c1-3-24-14-18(13-21-24)22-20(25)23(15-19-10-9-16(2)26-19)12-11-17-7-5-4-6-8-17/h4-10,13-14H,3,11-12,15H2,1-2H3,(H,22,25). The third-order valence-electron chi connectivity index (χ3n) is 4.15. The van der Waals surface area contributed by atoms with E-state index in [4.69, 9.17) is 0 Å². The molecule has 0 aliphatic carbocycles. The van der Waals surface area contributed by atoms with E-state index in [1.54, 1.807) is 22.2 Å². The summed E-state index contributed by atoms with van der Waals surface area (Å²) in [4.78, 5) is 17.1. The fourth-order valence-electron chi connectivity index (χ4n) is 2.72. The molecule has 1 aromatic carbocycles. The second-order valence-electron chi connectivity index (χ2n) is 6.18. The molecular formula is C20H24N4OS. The average molecular weight is 369 g/mol. The van der Waals surface area contributed by atoms with Gasteiger partial charge < -0.3 is 10.2 Å². The molecule has 0 fully saturated rings. The number of aryl methyl sites for hydroxylation is 2. The highest BCUT2D eigenvalue weighted by atomic mass is 32.1. The molecule has 2 aromatic heterocycles. The van der Waals surface area contributed by atoms with E-state index < -0.39 is 0 Å². The van der Waals surface area contributed by atoms with Gasteiger partial charge in [0, 0.05) is 29.0 Å². The summed E-state index contributed by atoms with van der Waals surface area (Å²) in [6, 6.07) is 14.4. The third-order valence-corrected chi connectivity index (χ3v) is 5.14. The topological polar surface area (TPSA) is 50.2 Å². The molecular weight excluding hydrogens is 344 g/mol. The van der Waals surface area contributed by atoms with E-state index in [2.05, 4.69) is 41.6 Å². The molecule has 0 bridgehead atoms. The summed E-state index contributed by atoms with van der Waals surface area (Å²) in [5, 5.41) is 7.18. The van der Waals surface area contributed by atoms with Gasteiger partial charge in [0.1, 0.15) is 0 Å². The van der Waals surface area contributed by atoms with Crippen molar-refractivity contribution >= 4 is 23.1 Å². The highest BCUT2D eigenvalue weighted by molar-refractivity contribution is 7.11. The predicted molar refractivity (Wildman–Crippen MR) is 107 cm³/mol. The van der Waals surface area contributed by atoms with Crippen molar-refractivity contribution in [2.75, 3.05) is 11.9 Å². The molecule has 6 heteroatoms. The van der Waals surface area contributed by atoms with Gasteiger partial charge in [-0.05, 0) is 38.0 Å². The highest BCUT2D eigenvalue weighted by Gasteiger charge is 2.16. The normalized spacial score (nSPS) is 10.7. The number of urea groups is 1. The molecule has 0 atom stereocenters. The monoisotopic (exact) mass is 368 g/mol. The van der Waals surface area contributed by atoms with E-state index in [-0.39, 0.29) is 6.03 Å². The van der Waals surface area contributed by atoms with Gasteiger partial charge in [-0.25, -0.2) is 4.79 Å². The lowest BCUT2D eigenvalue weighted by Crippen LogP contribution is -2.35. The third kappa shape index (κ3) is 4.95. The number of rotatable bonds is 7. The van der Waals surface area contributed by atoms with Crippen LogP contribution in [0.15, 0.2) is 54.9 Å². The lowest BCUT2D eigenvalue weighted by molar-refractivity contribution is 0.210. The number of thiophene rings is 1. The number of aromatic nitrogens is 2. The fraction of sp³-hybridized carbons (Fsp3) is 0.300. The maximum Gasteiger partial charge on any atom is 0.322 e. The van der Waals surface area contributed by atoms with Gasteiger partial charge >= 0.3 is 6.03 Å². The first-order valence-electron chi connectivity index (χ1n) is 8.81. The molecule has 3 aromatic rings. The molecule has 0 saturated heterocycles. The molecule has 0 unspecified atom stereocenters. The van der Waals surface area contributed by atoms with Crippen molar-refractivity contribution in [3.05, 3.63) is 70.2 Å². The fourth-order valence-corrected chi connectivity index (χ4v) is 3.63.